The first-order valence-electron chi connectivity index (χ1n) is 44.0. The standard InChI is InChI=1S/2C16H19NO5S.C15H16BrNO4S.C15H16ClNO4S.C15H16FNO4S.C15H17NO4S/c1-21-13-8-6-7-12-11-14(16(18)22-15(12)13)23(19,20)17-9-4-2-3-5-10-17;1-21-13-6-7-14-12(10-13)11-15(16(18)22-14)23(19,20)17-8-4-2-3-5-9-17;1-10-3-2-6-17(9-10)22(19,20)14-8-11-7-12(16)4-5-13(11)21-15(14)18;2*16-12-5-6-13-11(9-12)10-14(15(18)21-13)22(19,20)17-7-3-1-2-4-8-17;17-15-14(11-12-7-3-4-8-13(12)20-15)21(18,19)16-9-5-1-2-6-10-16/h6-8,11H,2-5,9-10H2,1H3;6-7,10-11H,2-5,8-9H2,1H3;4-5,7-8,10H,2-3,6,9H2,1H3;2*5-6,9-10H,1-4,7-8H2;3-4,7-8,11H,1-2,5-6,9-10H2. The Balaban J connectivity index is 0.000000136. The van der Waals surface area contributed by atoms with Crippen molar-refractivity contribution in [1.82, 2.24) is 25.8 Å². The predicted molar refractivity (Wildman–Crippen MR) is 504 cm³/mol. The van der Waals surface area contributed by atoms with Crippen LogP contribution in [0.2, 0.25) is 5.02 Å². The highest BCUT2D eigenvalue weighted by Crippen LogP contribution is 2.33. The van der Waals surface area contributed by atoms with Gasteiger partial charge in [0.15, 0.2) is 40.7 Å². The summed E-state index contributed by atoms with van der Waals surface area (Å²) in [6.45, 7) is 7.27. The number of methoxy groups -OCH3 is 2. The van der Waals surface area contributed by atoms with Gasteiger partial charge in [-0.2, -0.15) is 25.8 Å². The maximum absolute atomic E-state index is 13.3. The van der Waals surface area contributed by atoms with E-state index < -0.39 is 105 Å². The fourth-order valence-corrected chi connectivity index (χ4v) is 26.3. The summed E-state index contributed by atoms with van der Waals surface area (Å²) in [4.78, 5) is 70.8. The zero-order valence-electron chi connectivity index (χ0n) is 73.4. The second-order valence-electron chi connectivity index (χ2n) is 33.0. The zero-order valence-corrected chi connectivity index (χ0v) is 80.7. The van der Waals surface area contributed by atoms with Crippen LogP contribution < -0.4 is 43.2 Å². The Morgan fingerprint density at radius 2 is 0.624 bits per heavy atom. The molecule has 6 aliphatic rings. The number of fused-ring (bicyclic) bond motifs is 6. The third-order valence-corrected chi connectivity index (χ3v) is 35.6. The van der Waals surface area contributed by atoms with Gasteiger partial charge in [0.2, 0.25) is 60.1 Å². The van der Waals surface area contributed by atoms with E-state index in [0.717, 1.165) is 158 Å². The number of hydrogen-bond donors (Lipinski definition) is 0. The van der Waals surface area contributed by atoms with Crippen LogP contribution >= 0.6 is 27.5 Å². The lowest BCUT2D eigenvalue weighted by Crippen LogP contribution is -2.40. The first-order chi connectivity index (χ1) is 63.5. The smallest absolute Gasteiger partial charge is 0.356 e. The van der Waals surface area contributed by atoms with E-state index >= 15 is 0 Å². The van der Waals surface area contributed by atoms with Crippen molar-refractivity contribution in [3.05, 3.63) is 229 Å². The molecule has 6 aromatic carbocycles. The molecule has 1 unspecified atom stereocenters. The van der Waals surface area contributed by atoms with E-state index in [2.05, 4.69) is 15.9 Å². The van der Waals surface area contributed by atoms with Gasteiger partial charge in [-0.25, -0.2) is 83.7 Å². The van der Waals surface area contributed by atoms with Crippen LogP contribution in [0.4, 0.5) is 4.39 Å². The van der Waals surface area contributed by atoms with Gasteiger partial charge in [-0.05, 0) is 204 Å². The molecule has 0 N–H and O–H groups in total. The van der Waals surface area contributed by atoms with E-state index in [4.69, 9.17) is 47.6 Å². The normalized spacial score (nSPS) is 17.9. The molecule has 0 radical (unpaired) electrons. The minimum absolute atomic E-state index is 0.168. The Labute approximate surface area is 781 Å². The SMILES string of the molecule is CC1CCCN(S(=O)(=O)c2cc3cc(Br)ccc3oc2=O)C1.COc1ccc2oc(=O)c(S(=O)(=O)N3CCCCCC3)cc2c1.COc1cccc2cc(S(=O)(=O)N3CCCCCC3)c(=O)oc12.O=c1oc2ccc(Cl)cc2cc1S(=O)(=O)N1CCCCCC1.O=c1oc2ccc(F)cc2cc1S(=O)(=O)N1CCCCCC1.O=c1oc2ccccc2cc1S(=O)(=O)N1CCCCCC1. The molecule has 714 valence electrons. The highest BCUT2D eigenvalue weighted by atomic mass is 79.9. The van der Waals surface area contributed by atoms with Gasteiger partial charge >= 0.3 is 33.8 Å². The largest absolute Gasteiger partial charge is 0.497 e. The molecular formula is C92H103BrClFN6O26S6. The van der Waals surface area contributed by atoms with Crippen molar-refractivity contribution in [2.45, 2.75) is 178 Å². The molecule has 32 nitrogen and oxygen atoms in total. The van der Waals surface area contributed by atoms with Crippen molar-refractivity contribution in [3.63, 3.8) is 0 Å². The minimum Gasteiger partial charge on any atom is -0.497 e. The summed E-state index contributed by atoms with van der Waals surface area (Å²) in [6, 6.07) is 38.5. The maximum Gasteiger partial charge on any atom is 0.356 e. The van der Waals surface area contributed by atoms with Gasteiger partial charge in [0, 0.05) is 120 Å². The summed E-state index contributed by atoms with van der Waals surface area (Å²) < 4.78 is 216. The number of rotatable bonds is 14. The van der Waals surface area contributed by atoms with Crippen molar-refractivity contribution >= 4 is 153 Å². The molecule has 0 saturated carbocycles. The van der Waals surface area contributed by atoms with Gasteiger partial charge in [-0.15, -0.1) is 0 Å². The van der Waals surface area contributed by atoms with Crippen molar-refractivity contribution < 1.29 is 90.9 Å². The van der Waals surface area contributed by atoms with E-state index in [1.165, 1.54) is 82.5 Å². The molecule has 41 heteroatoms. The molecule has 18 rings (SSSR count). The van der Waals surface area contributed by atoms with E-state index in [-0.39, 0.29) is 41.0 Å². The first kappa shape index (κ1) is 101. The maximum atomic E-state index is 13.3. The van der Waals surface area contributed by atoms with Crippen LogP contribution in [-0.4, -0.2) is 169 Å². The molecule has 6 aromatic heterocycles. The van der Waals surface area contributed by atoms with Gasteiger partial charge in [-0.3, -0.25) is 0 Å². The molecule has 1 atom stereocenters. The molecular weight excluding hydrogens is 1930 g/mol. The fraction of sp³-hybridized carbons (Fsp3) is 0.413. The van der Waals surface area contributed by atoms with Gasteiger partial charge in [0.1, 0.15) is 39.5 Å². The van der Waals surface area contributed by atoms with Crippen LogP contribution in [0.5, 0.6) is 11.5 Å². The van der Waals surface area contributed by atoms with E-state index in [9.17, 15) is 83.7 Å². The number of benzene rings is 6. The Kier molecular flexibility index (Phi) is 33.7. The molecule has 0 aliphatic carbocycles. The highest BCUT2D eigenvalue weighted by molar-refractivity contribution is 9.10. The van der Waals surface area contributed by atoms with Crippen LogP contribution in [0.3, 0.4) is 0 Å². The molecule has 6 saturated heterocycles. The predicted octanol–water partition coefficient (Wildman–Crippen LogP) is 15.6. The van der Waals surface area contributed by atoms with Crippen molar-refractivity contribution in [2.75, 3.05) is 92.8 Å². The quantitative estimate of drug-likeness (QED) is 0.0912. The lowest BCUT2D eigenvalue weighted by atomic mass is 10.0. The summed E-state index contributed by atoms with van der Waals surface area (Å²) in [7, 11) is -20.0. The van der Waals surface area contributed by atoms with Crippen LogP contribution in [0, 0.1) is 11.7 Å². The molecule has 12 heterocycles. The Bertz CT molecular complexity index is 6990. The number of ether oxygens (including phenoxy) is 2. The fourth-order valence-electron chi connectivity index (χ4n) is 16.4. The van der Waals surface area contributed by atoms with Crippen LogP contribution in [0.25, 0.3) is 65.8 Å². The number of halogens is 3. The Hall–Kier alpha value is -9.66. The average Bonchev–Trinajstić information content (AvgIpc) is 1.76. The second kappa shape index (κ2) is 44.4. The van der Waals surface area contributed by atoms with Gasteiger partial charge in [0.05, 0.1) is 14.2 Å². The summed E-state index contributed by atoms with van der Waals surface area (Å²) in [5, 5.41) is 3.46. The van der Waals surface area contributed by atoms with Crippen LogP contribution in [0.15, 0.2) is 241 Å². The van der Waals surface area contributed by atoms with Crippen LogP contribution in [0.1, 0.15) is 148 Å². The lowest BCUT2D eigenvalue weighted by Gasteiger charge is -2.29. The van der Waals surface area contributed by atoms with Crippen molar-refractivity contribution in [2.24, 2.45) is 5.92 Å². The summed E-state index contributed by atoms with van der Waals surface area (Å²) in [6.07, 6.45) is 19.9. The molecule has 6 aliphatic heterocycles. The van der Waals surface area contributed by atoms with E-state index in [1.807, 2.05) is 6.92 Å². The van der Waals surface area contributed by atoms with Gasteiger partial charge in [0.25, 0.3) is 0 Å². The number of sulfonamides is 6. The first-order valence-corrected chi connectivity index (χ1v) is 53.8. The van der Waals surface area contributed by atoms with Crippen molar-refractivity contribution in [1.29, 1.82) is 0 Å². The third kappa shape index (κ3) is 24.2. The summed E-state index contributed by atoms with van der Waals surface area (Å²) in [5.74, 6) is 0.757. The number of piperidine rings is 1. The van der Waals surface area contributed by atoms with E-state index in [0.29, 0.717) is 150 Å². The molecule has 133 heavy (non-hydrogen) atoms. The minimum atomic E-state index is -3.92. The lowest BCUT2D eigenvalue weighted by molar-refractivity contribution is 0.280. The highest BCUT2D eigenvalue weighted by Gasteiger charge is 2.37. The molecule has 12 aromatic rings. The molecule has 6 fully saturated rings. The summed E-state index contributed by atoms with van der Waals surface area (Å²) in [5.41, 5.74) is -3.17. The monoisotopic (exact) mass is 2030 g/mol. The van der Waals surface area contributed by atoms with Crippen molar-refractivity contribution in [3.8, 4) is 11.5 Å². The zero-order chi connectivity index (χ0) is 95.2. The molecule has 0 amide bonds. The Morgan fingerprint density at radius 1 is 0.316 bits per heavy atom. The average molecular weight is 2040 g/mol. The topological polar surface area (TPSA) is 424 Å². The second-order valence-corrected chi connectivity index (χ2v) is 45.7. The van der Waals surface area contributed by atoms with Gasteiger partial charge in [-0.1, -0.05) is 129 Å². The number of para-hydroxylation sites is 2. The van der Waals surface area contributed by atoms with E-state index in [1.54, 1.807) is 97.1 Å². The molecule has 0 bridgehead atoms. The Morgan fingerprint density at radius 3 is 1.02 bits per heavy atom. The number of nitrogens with zero attached hydrogens (tertiary/aromatic N) is 6. The molecule has 0 spiro atoms. The third-order valence-electron chi connectivity index (χ3n) is 23.6. The van der Waals surface area contributed by atoms with Crippen LogP contribution in [-0.2, 0) is 60.1 Å². The summed E-state index contributed by atoms with van der Waals surface area (Å²) >= 11 is 9.25. The number of hydrogen-bond acceptors (Lipinski definition) is 26. The van der Waals surface area contributed by atoms with Gasteiger partial charge < -0.3 is 36.0 Å².